The number of aliphatic hydroxyl groups excluding tert-OH is 1. The van der Waals surface area contributed by atoms with Crippen LogP contribution in [0.3, 0.4) is 0 Å². The van der Waals surface area contributed by atoms with E-state index in [4.69, 9.17) is 4.74 Å². The molecule has 4 rings (SSSR count). The summed E-state index contributed by atoms with van der Waals surface area (Å²) in [6.07, 6.45) is 9.46. The number of carbonyl (C=O) groups is 1. The van der Waals surface area contributed by atoms with Crippen LogP contribution in [0.4, 0.5) is 0 Å². The smallest absolute Gasteiger partial charge is 0.223 e. The normalized spacial score (nSPS) is 30.4. The Hall–Kier alpha value is -1.51. The number of aryl methyl sites for hydroxylation is 1. The van der Waals surface area contributed by atoms with Gasteiger partial charge in [-0.05, 0) is 44.9 Å². The van der Waals surface area contributed by atoms with Crippen molar-refractivity contribution < 1.29 is 19.7 Å². The molecule has 1 amide bonds. The van der Waals surface area contributed by atoms with Gasteiger partial charge in [-0.1, -0.05) is 18.1 Å². The van der Waals surface area contributed by atoms with Crippen molar-refractivity contribution in [3.05, 3.63) is 11.9 Å². The number of aromatic nitrogens is 3. The van der Waals surface area contributed by atoms with Crippen LogP contribution in [0.25, 0.3) is 0 Å². The second-order valence-electron chi connectivity index (χ2n) is 8.34. The molecule has 0 aromatic carbocycles. The lowest BCUT2D eigenvalue weighted by atomic mass is 9.97. The Morgan fingerprint density at radius 3 is 2.78 bits per heavy atom. The molecule has 27 heavy (non-hydrogen) atoms. The number of nitrogens with zero attached hydrogens (tertiary/aromatic N) is 3. The van der Waals surface area contributed by atoms with Gasteiger partial charge in [0.1, 0.15) is 17.4 Å². The van der Waals surface area contributed by atoms with Crippen molar-refractivity contribution >= 4 is 5.91 Å². The highest BCUT2D eigenvalue weighted by atomic mass is 16.5. The first kappa shape index (κ1) is 18.8. The lowest BCUT2D eigenvalue weighted by molar-refractivity contribution is -0.129. The minimum Gasteiger partial charge on any atom is -0.394 e. The SMILES string of the molecule is O=C(N[C@@H]1CC[C@@H](CCn2cc(C3(O)CCCC3)nn2)O[C@@H]1CO)C1CC1. The molecule has 0 radical (unpaired) electrons. The Bertz CT molecular complexity index is 654. The molecule has 3 aliphatic rings. The molecule has 2 aliphatic carbocycles. The van der Waals surface area contributed by atoms with Gasteiger partial charge in [0.25, 0.3) is 0 Å². The van der Waals surface area contributed by atoms with Crippen molar-refractivity contribution in [3.63, 3.8) is 0 Å². The van der Waals surface area contributed by atoms with Crippen LogP contribution in [0.1, 0.15) is 63.5 Å². The molecule has 8 nitrogen and oxygen atoms in total. The van der Waals surface area contributed by atoms with Gasteiger partial charge in [-0.25, -0.2) is 0 Å². The molecule has 1 aliphatic heterocycles. The third-order valence-electron chi connectivity index (χ3n) is 6.20. The van der Waals surface area contributed by atoms with Crippen molar-refractivity contribution in [2.75, 3.05) is 6.61 Å². The van der Waals surface area contributed by atoms with Crippen LogP contribution in [0.2, 0.25) is 0 Å². The Kier molecular flexibility index (Phi) is 5.48. The zero-order valence-electron chi connectivity index (χ0n) is 15.7. The van der Waals surface area contributed by atoms with E-state index in [1.165, 1.54) is 0 Å². The highest BCUT2D eigenvalue weighted by Crippen LogP contribution is 2.37. The predicted molar refractivity (Wildman–Crippen MR) is 96.6 cm³/mol. The number of rotatable bonds is 7. The van der Waals surface area contributed by atoms with Gasteiger partial charge in [-0.2, -0.15) is 0 Å². The molecule has 3 atom stereocenters. The summed E-state index contributed by atoms with van der Waals surface area (Å²) in [4.78, 5) is 12.0. The number of ether oxygens (including phenoxy) is 1. The molecule has 8 heteroatoms. The van der Waals surface area contributed by atoms with Gasteiger partial charge in [0.05, 0.1) is 24.9 Å². The maximum atomic E-state index is 12.0. The molecule has 1 aromatic rings. The van der Waals surface area contributed by atoms with Crippen molar-refractivity contribution in [3.8, 4) is 0 Å². The van der Waals surface area contributed by atoms with Crippen molar-refractivity contribution in [2.24, 2.45) is 5.92 Å². The fourth-order valence-corrected chi connectivity index (χ4v) is 4.27. The lowest BCUT2D eigenvalue weighted by Gasteiger charge is -2.36. The minimum absolute atomic E-state index is 0.0263. The Morgan fingerprint density at radius 1 is 1.30 bits per heavy atom. The molecule has 0 spiro atoms. The molecule has 1 aromatic heterocycles. The highest BCUT2D eigenvalue weighted by molar-refractivity contribution is 5.81. The van der Waals surface area contributed by atoms with Gasteiger partial charge in [0.15, 0.2) is 0 Å². The van der Waals surface area contributed by atoms with Crippen LogP contribution in [-0.4, -0.2) is 56.0 Å². The van der Waals surface area contributed by atoms with E-state index in [0.717, 1.165) is 57.8 Å². The van der Waals surface area contributed by atoms with Gasteiger partial charge in [0.2, 0.25) is 5.91 Å². The van der Waals surface area contributed by atoms with E-state index in [0.29, 0.717) is 12.2 Å². The van der Waals surface area contributed by atoms with E-state index >= 15 is 0 Å². The summed E-state index contributed by atoms with van der Waals surface area (Å²) >= 11 is 0. The number of hydrogen-bond acceptors (Lipinski definition) is 6. The van der Waals surface area contributed by atoms with E-state index in [-0.39, 0.29) is 36.7 Å². The van der Waals surface area contributed by atoms with Gasteiger partial charge in [-0.3, -0.25) is 9.48 Å². The molecular weight excluding hydrogens is 348 g/mol. The van der Waals surface area contributed by atoms with Crippen LogP contribution in [0, 0.1) is 5.92 Å². The van der Waals surface area contributed by atoms with E-state index in [1.54, 1.807) is 4.68 Å². The second-order valence-corrected chi connectivity index (χ2v) is 8.34. The molecule has 2 saturated carbocycles. The third kappa shape index (κ3) is 4.33. The first-order chi connectivity index (χ1) is 13.1. The molecule has 150 valence electrons. The minimum atomic E-state index is -0.811. The van der Waals surface area contributed by atoms with Crippen molar-refractivity contribution in [2.45, 2.75) is 88.2 Å². The van der Waals surface area contributed by atoms with E-state index in [1.807, 2.05) is 6.20 Å². The van der Waals surface area contributed by atoms with Crippen molar-refractivity contribution in [1.82, 2.24) is 20.3 Å². The van der Waals surface area contributed by atoms with Crippen molar-refractivity contribution in [1.29, 1.82) is 0 Å². The van der Waals surface area contributed by atoms with Crippen LogP contribution < -0.4 is 5.32 Å². The van der Waals surface area contributed by atoms with Gasteiger partial charge < -0.3 is 20.3 Å². The van der Waals surface area contributed by atoms with Gasteiger partial charge in [-0.15, -0.1) is 5.10 Å². The first-order valence-corrected chi connectivity index (χ1v) is 10.3. The van der Waals surface area contributed by atoms with E-state index < -0.39 is 5.60 Å². The summed E-state index contributed by atoms with van der Waals surface area (Å²) in [6, 6.07) is -0.103. The number of nitrogens with one attached hydrogen (secondary N) is 1. The number of aliphatic hydroxyl groups is 2. The summed E-state index contributed by atoms with van der Waals surface area (Å²) < 4.78 is 7.79. The highest BCUT2D eigenvalue weighted by Gasteiger charge is 2.37. The molecule has 3 fully saturated rings. The summed E-state index contributed by atoms with van der Waals surface area (Å²) in [5, 5.41) is 31.6. The summed E-state index contributed by atoms with van der Waals surface area (Å²) in [6.45, 7) is 0.567. The molecule has 3 N–H and O–H groups in total. The number of hydrogen-bond donors (Lipinski definition) is 3. The largest absolute Gasteiger partial charge is 0.394 e. The standard InChI is InChI=1S/C19H30N4O4/c24-12-16-15(20-18(25)13-3-4-13)6-5-14(27-16)7-10-23-11-17(21-22-23)19(26)8-1-2-9-19/h11,13-16,24,26H,1-10,12H2,(H,20,25)/t14-,15+,16+/m0/s1. The monoisotopic (exact) mass is 378 g/mol. The molecule has 0 unspecified atom stereocenters. The summed E-state index contributed by atoms with van der Waals surface area (Å²) in [5.74, 6) is 0.263. The quantitative estimate of drug-likeness (QED) is 0.649. The van der Waals surface area contributed by atoms with Gasteiger partial charge in [0, 0.05) is 12.5 Å². The molecule has 1 saturated heterocycles. The van der Waals surface area contributed by atoms with Crippen LogP contribution in [-0.2, 0) is 21.7 Å². The predicted octanol–water partition coefficient (Wildman–Crippen LogP) is 0.864. The molecule has 2 heterocycles. The Balaban J connectivity index is 1.27. The van der Waals surface area contributed by atoms with E-state index in [9.17, 15) is 15.0 Å². The summed E-state index contributed by atoms with van der Waals surface area (Å²) in [5.41, 5.74) is -0.144. The summed E-state index contributed by atoms with van der Waals surface area (Å²) in [7, 11) is 0. The van der Waals surface area contributed by atoms with Crippen LogP contribution in [0.15, 0.2) is 6.20 Å². The fourth-order valence-electron chi connectivity index (χ4n) is 4.27. The average Bonchev–Trinajstić information content (AvgIpc) is 3.25. The van der Waals surface area contributed by atoms with Crippen LogP contribution in [0.5, 0.6) is 0 Å². The zero-order valence-corrected chi connectivity index (χ0v) is 15.7. The Labute approximate surface area is 159 Å². The number of amides is 1. The average molecular weight is 378 g/mol. The first-order valence-electron chi connectivity index (χ1n) is 10.3. The van der Waals surface area contributed by atoms with Crippen LogP contribution >= 0.6 is 0 Å². The maximum absolute atomic E-state index is 12.0. The maximum Gasteiger partial charge on any atom is 0.223 e. The molecule has 0 bridgehead atoms. The van der Waals surface area contributed by atoms with E-state index in [2.05, 4.69) is 15.6 Å². The topological polar surface area (TPSA) is 110 Å². The third-order valence-corrected chi connectivity index (χ3v) is 6.20. The Morgan fingerprint density at radius 2 is 2.07 bits per heavy atom. The second kappa shape index (κ2) is 7.85. The molecular formula is C19H30N4O4. The lowest BCUT2D eigenvalue weighted by Crippen LogP contribution is -2.51. The number of carbonyl (C=O) groups excluding carboxylic acids is 1. The fraction of sp³-hybridized carbons (Fsp3) is 0.842. The zero-order chi connectivity index (χ0) is 18.9. The van der Waals surface area contributed by atoms with Gasteiger partial charge >= 0.3 is 0 Å².